The van der Waals surface area contributed by atoms with Gasteiger partial charge in [-0.3, -0.25) is 9.59 Å². The highest BCUT2D eigenvalue weighted by Crippen LogP contribution is 2.19. The van der Waals surface area contributed by atoms with Crippen LogP contribution in [0.2, 0.25) is 0 Å². The van der Waals surface area contributed by atoms with Crippen LogP contribution in [0.4, 0.5) is 0 Å². The lowest BCUT2D eigenvalue weighted by Gasteiger charge is -2.31. The van der Waals surface area contributed by atoms with Crippen molar-refractivity contribution < 1.29 is 14.7 Å². The molecule has 1 unspecified atom stereocenters. The summed E-state index contributed by atoms with van der Waals surface area (Å²) in [6.45, 7) is 3.85. The van der Waals surface area contributed by atoms with Gasteiger partial charge in [-0.1, -0.05) is 6.92 Å². The summed E-state index contributed by atoms with van der Waals surface area (Å²) in [5, 5.41) is 9.06. The van der Waals surface area contributed by atoms with Crippen molar-refractivity contribution in [3.63, 3.8) is 0 Å². The minimum atomic E-state index is -0.804. The summed E-state index contributed by atoms with van der Waals surface area (Å²) in [5.41, 5.74) is 0.660. The number of likely N-dealkylation sites (tertiary alicyclic amines) is 1. The monoisotopic (exact) mass is 264 g/mol. The lowest BCUT2D eigenvalue weighted by atomic mass is 9.98. The number of carboxylic acids is 1. The van der Waals surface area contributed by atoms with E-state index in [0.29, 0.717) is 25.2 Å². The number of nitrogens with zero attached hydrogens (tertiary/aromatic N) is 2. The van der Waals surface area contributed by atoms with Crippen molar-refractivity contribution in [2.75, 3.05) is 13.1 Å². The SMILES string of the molecule is CCCn1cccc1C(=O)N1CCCC(C(=O)O)C1. The molecule has 1 atom stereocenters. The van der Waals surface area contributed by atoms with Crippen LogP contribution in [0.25, 0.3) is 0 Å². The highest BCUT2D eigenvalue weighted by molar-refractivity contribution is 5.93. The third kappa shape index (κ3) is 2.97. The van der Waals surface area contributed by atoms with E-state index in [-0.39, 0.29) is 5.91 Å². The molecule has 2 rings (SSSR count). The molecule has 5 heteroatoms. The van der Waals surface area contributed by atoms with Gasteiger partial charge in [0.2, 0.25) is 0 Å². The molecule has 104 valence electrons. The van der Waals surface area contributed by atoms with Crippen LogP contribution in [0.1, 0.15) is 36.7 Å². The standard InChI is InChI=1S/C14H20N2O3/c1-2-7-15-8-4-6-12(15)13(17)16-9-3-5-11(10-16)14(18)19/h4,6,8,11H,2-3,5,7,9-10H2,1H3,(H,18,19). The fourth-order valence-electron chi connectivity index (χ4n) is 2.57. The lowest BCUT2D eigenvalue weighted by molar-refractivity contribution is -0.143. The average molecular weight is 264 g/mol. The molecule has 0 bridgehead atoms. The zero-order valence-corrected chi connectivity index (χ0v) is 11.2. The van der Waals surface area contributed by atoms with Crippen molar-refractivity contribution in [2.45, 2.75) is 32.7 Å². The van der Waals surface area contributed by atoms with Crippen LogP contribution in [-0.4, -0.2) is 39.5 Å². The zero-order valence-electron chi connectivity index (χ0n) is 11.2. The van der Waals surface area contributed by atoms with Gasteiger partial charge in [-0.05, 0) is 31.4 Å². The number of piperidine rings is 1. The van der Waals surface area contributed by atoms with Gasteiger partial charge in [0.1, 0.15) is 5.69 Å². The Morgan fingerprint density at radius 2 is 2.26 bits per heavy atom. The van der Waals surface area contributed by atoms with Crippen molar-refractivity contribution in [1.82, 2.24) is 9.47 Å². The summed E-state index contributed by atoms with van der Waals surface area (Å²) >= 11 is 0. The Labute approximate surface area is 112 Å². The minimum Gasteiger partial charge on any atom is -0.481 e. The van der Waals surface area contributed by atoms with Gasteiger partial charge in [-0.25, -0.2) is 0 Å². The Morgan fingerprint density at radius 3 is 2.95 bits per heavy atom. The molecule has 1 N–H and O–H groups in total. The van der Waals surface area contributed by atoms with E-state index in [1.165, 1.54) is 0 Å². The predicted octanol–water partition coefficient (Wildman–Crippen LogP) is 1.83. The topological polar surface area (TPSA) is 62.5 Å². The van der Waals surface area contributed by atoms with Crippen LogP contribution in [0.15, 0.2) is 18.3 Å². The number of carboxylic acid groups (broad SMARTS) is 1. The molecule has 0 saturated carbocycles. The molecule has 0 aromatic carbocycles. The van der Waals surface area contributed by atoms with Gasteiger partial charge in [0, 0.05) is 25.8 Å². The van der Waals surface area contributed by atoms with E-state index in [1.807, 2.05) is 22.9 Å². The normalized spacial score (nSPS) is 19.4. The van der Waals surface area contributed by atoms with Gasteiger partial charge in [0.15, 0.2) is 0 Å². The maximum Gasteiger partial charge on any atom is 0.308 e. The van der Waals surface area contributed by atoms with E-state index in [4.69, 9.17) is 5.11 Å². The van der Waals surface area contributed by atoms with E-state index in [0.717, 1.165) is 19.4 Å². The Hall–Kier alpha value is -1.78. The molecular weight excluding hydrogens is 244 g/mol. The Balaban J connectivity index is 2.10. The quantitative estimate of drug-likeness (QED) is 0.902. The summed E-state index contributed by atoms with van der Waals surface area (Å²) in [5.74, 6) is -1.28. The maximum absolute atomic E-state index is 12.4. The van der Waals surface area contributed by atoms with Crippen molar-refractivity contribution in [2.24, 2.45) is 5.92 Å². The van der Waals surface area contributed by atoms with Gasteiger partial charge in [-0.15, -0.1) is 0 Å². The molecular formula is C14H20N2O3. The molecule has 0 spiro atoms. The summed E-state index contributed by atoms with van der Waals surface area (Å²) < 4.78 is 1.94. The van der Waals surface area contributed by atoms with E-state index in [2.05, 4.69) is 6.92 Å². The number of amides is 1. The summed E-state index contributed by atoms with van der Waals surface area (Å²) in [4.78, 5) is 25.1. The van der Waals surface area contributed by atoms with Gasteiger partial charge < -0.3 is 14.6 Å². The fraction of sp³-hybridized carbons (Fsp3) is 0.571. The first-order valence-electron chi connectivity index (χ1n) is 6.80. The van der Waals surface area contributed by atoms with E-state index < -0.39 is 11.9 Å². The number of hydrogen-bond donors (Lipinski definition) is 1. The Bertz CT molecular complexity index is 467. The second-order valence-electron chi connectivity index (χ2n) is 5.02. The molecule has 1 aliphatic rings. The third-order valence-electron chi connectivity index (χ3n) is 3.57. The Kier molecular flexibility index (Phi) is 4.24. The van der Waals surface area contributed by atoms with Crippen molar-refractivity contribution in [3.8, 4) is 0 Å². The number of aromatic nitrogens is 1. The molecule has 0 radical (unpaired) electrons. The van der Waals surface area contributed by atoms with Gasteiger partial charge in [0.05, 0.1) is 5.92 Å². The van der Waals surface area contributed by atoms with Crippen LogP contribution >= 0.6 is 0 Å². The molecule has 5 nitrogen and oxygen atoms in total. The first-order chi connectivity index (χ1) is 9.13. The number of rotatable bonds is 4. The summed E-state index contributed by atoms with van der Waals surface area (Å²) in [7, 11) is 0. The smallest absolute Gasteiger partial charge is 0.308 e. The van der Waals surface area contributed by atoms with Gasteiger partial charge in [-0.2, -0.15) is 0 Å². The average Bonchev–Trinajstić information content (AvgIpc) is 2.86. The summed E-state index contributed by atoms with van der Waals surface area (Å²) in [6.07, 6.45) is 4.29. The molecule has 19 heavy (non-hydrogen) atoms. The largest absolute Gasteiger partial charge is 0.481 e. The highest BCUT2D eigenvalue weighted by atomic mass is 16.4. The second-order valence-corrected chi connectivity index (χ2v) is 5.02. The number of hydrogen-bond acceptors (Lipinski definition) is 2. The van der Waals surface area contributed by atoms with E-state index in [9.17, 15) is 9.59 Å². The molecule has 1 aromatic heterocycles. The van der Waals surface area contributed by atoms with Crippen LogP contribution < -0.4 is 0 Å². The van der Waals surface area contributed by atoms with Crippen molar-refractivity contribution in [1.29, 1.82) is 0 Å². The van der Waals surface area contributed by atoms with Crippen LogP contribution in [0.3, 0.4) is 0 Å². The van der Waals surface area contributed by atoms with Gasteiger partial charge >= 0.3 is 5.97 Å². The summed E-state index contributed by atoms with van der Waals surface area (Å²) in [6, 6.07) is 3.67. The van der Waals surface area contributed by atoms with E-state index in [1.54, 1.807) is 4.90 Å². The van der Waals surface area contributed by atoms with Crippen molar-refractivity contribution in [3.05, 3.63) is 24.0 Å². The minimum absolute atomic E-state index is 0.0515. The first-order valence-corrected chi connectivity index (χ1v) is 6.80. The molecule has 1 saturated heterocycles. The van der Waals surface area contributed by atoms with E-state index >= 15 is 0 Å². The van der Waals surface area contributed by atoms with Gasteiger partial charge in [0.25, 0.3) is 5.91 Å². The highest BCUT2D eigenvalue weighted by Gasteiger charge is 2.29. The molecule has 1 fully saturated rings. The number of aryl methyl sites for hydroxylation is 1. The fourth-order valence-corrected chi connectivity index (χ4v) is 2.57. The maximum atomic E-state index is 12.4. The van der Waals surface area contributed by atoms with Crippen LogP contribution in [-0.2, 0) is 11.3 Å². The van der Waals surface area contributed by atoms with Crippen LogP contribution in [0.5, 0.6) is 0 Å². The van der Waals surface area contributed by atoms with Crippen LogP contribution in [0, 0.1) is 5.92 Å². The first kappa shape index (κ1) is 13.6. The number of carbonyl (C=O) groups is 2. The molecule has 2 heterocycles. The third-order valence-corrected chi connectivity index (χ3v) is 3.57. The Morgan fingerprint density at radius 1 is 1.47 bits per heavy atom. The molecule has 1 aromatic rings. The lowest BCUT2D eigenvalue weighted by Crippen LogP contribution is -2.42. The molecule has 1 amide bonds. The second kappa shape index (κ2) is 5.91. The predicted molar refractivity (Wildman–Crippen MR) is 71.0 cm³/mol. The molecule has 0 aliphatic carbocycles. The number of carbonyl (C=O) groups excluding carboxylic acids is 1. The van der Waals surface area contributed by atoms with Crippen molar-refractivity contribution >= 4 is 11.9 Å². The zero-order chi connectivity index (χ0) is 13.8. The number of aliphatic carboxylic acids is 1. The molecule has 1 aliphatic heterocycles.